The molecule has 6 heteroatoms. The molecule has 2 rings (SSSR count). The molecule has 1 fully saturated rings. The van der Waals surface area contributed by atoms with E-state index in [2.05, 4.69) is 11.8 Å². The van der Waals surface area contributed by atoms with Crippen molar-refractivity contribution in [3.63, 3.8) is 0 Å². The summed E-state index contributed by atoms with van der Waals surface area (Å²) in [5.41, 5.74) is 0.912. The van der Waals surface area contributed by atoms with Crippen molar-refractivity contribution in [2.75, 3.05) is 20.0 Å². The average molecular weight is 271 g/mol. The van der Waals surface area contributed by atoms with Crippen LogP contribution in [0.4, 0.5) is 0 Å². The predicted octanol–water partition coefficient (Wildman–Crippen LogP) is 0.794. The molecule has 0 spiro atoms. The lowest BCUT2D eigenvalue weighted by atomic mass is 10.0. The van der Waals surface area contributed by atoms with Gasteiger partial charge in [0.1, 0.15) is 0 Å². The summed E-state index contributed by atoms with van der Waals surface area (Å²) in [6.07, 6.45) is 0. The number of fused-ring (bicyclic) bond motifs is 1. The van der Waals surface area contributed by atoms with Crippen molar-refractivity contribution in [1.82, 2.24) is 4.90 Å². The first-order chi connectivity index (χ1) is 8.52. The van der Waals surface area contributed by atoms with E-state index in [4.69, 9.17) is 9.47 Å². The van der Waals surface area contributed by atoms with Crippen LogP contribution in [0.15, 0.2) is 11.1 Å². The SMILES string of the molecule is COC(=O)C1=C(C(=O)OC)[C@H]2CS[C@H](C)N2[C@@H]1C. The molecule has 0 aromatic heterocycles. The first-order valence-corrected chi connectivity index (χ1v) is 6.87. The summed E-state index contributed by atoms with van der Waals surface area (Å²) in [5.74, 6) is -0.0601. The molecule has 0 unspecified atom stereocenters. The molecular weight excluding hydrogens is 254 g/mol. The van der Waals surface area contributed by atoms with Crippen molar-refractivity contribution in [3.05, 3.63) is 11.1 Å². The summed E-state index contributed by atoms with van der Waals surface area (Å²) in [6, 6.07) is -0.150. The van der Waals surface area contributed by atoms with Crippen molar-refractivity contribution in [3.8, 4) is 0 Å². The highest BCUT2D eigenvalue weighted by molar-refractivity contribution is 8.00. The lowest BCUT2D eigenvalue weighted by Crippen LogP contribution is -2.38. The molecule has 1 saturated heterocycles. The molecule has 0 bridgehead atoms. The standard InChI is InChI=1S/C12H17NO4S/c1-6-9(11(14)16-3)10(12(15)17-4)8-5-18-7(2)13(6)8/h6-8H,5H2,1-4H3/t6-,7-,8-/m1/s1. The van der Waals surface area contributed by atoms with Gasteiger partial charge in [0.25, 0.3) is 0 Å². The van der Waals surface area contributed by atoms with E-state index in [1.165, 1.54) is 14.2 Å². The van der Waals surface area contributed by atoms with Gasteiger partial charge < -0.3 is 9.47 Å². The van der Waals surface area contributed by atoms with Crippen molar-refractivity contribution >= 4 is 23.7 Å². The smallest absolute Gasteiger partial charge is 0.335 e. The topological polar surface area (TPSA) is 55.8 Å². The van der Waals surface area contributed by atoms with Gasteiger partial charge in [0.2, 0.25) is 0 Å². The summed E-state index contributed by atoms with van der Waals surface area (Å²) in [5, 5.41) is 0.284. The molecule has 0 radical (unpaired) electrons. The molecule has 0 amide bonds. The number of esters is 2. The van der Waals surface area contributed by atoms with Gasteiger partial charge in [0.15, 0.2) is 0 Å². The highest BCUT2D eigenvalue weighted by Gasteiger charge is 2.49. The van der Waals surface area contributed by atoms with Crippen LogP contribution in [0.5, 0.6) is 0 Å². The molecule has 0 saturated carbocycles. The van der Waals surface area contributed by atoms with Gasteiger partial charge in [0.05, 0.1) is 36.8 Å². The number of rotatable bonds is 2. The maximum atomic E-state index is 11.9. The Labute approximate surface area is 110 Å². The van der Waals surface area contributed by atoms with Crippen LogP contribution in [0, 0.1) is 0 Å². The molecule has 2 aliphatic rings. The van der Waals surface area contributed by atoms with Crippen LogP contribution in [0.25, 0.3) is 0 Å². The summed E-state index contributed by atoms with van der Waals surface area (Å²) < 4.78 is 9.60. The van der Waals surface area contributed by atoms with Gasteiger partial charge in [-0.1, -0.05) is 0 Å². The number of hydrogen-bond acceptors (Lipinski definition) is 6. The maximum Gasteiger partial charge on any atom is 0.335 e. The first kappa shape index (κ1) is 13.4. The van der Waals surface area contributed by atoms with Crippen LogP contribution >= 0.6 is 11.8 Å². The second-order valence-electron chi connectivity index (χ2n) is 4.38. The zero-order valence-corrected chi connectivity index (χ0v) is 11.7. The van der Waals surface area contributed by atoms with Crippen LogP contribution in [0.2, 0.25) is 0 Å². The molecule has 100 valence electrons. The minimum absolute atomic E-state index is 0.0402. The van der Waals surface area contributed by atoms with Gasteiger partial charge >= 0.3 is 11.9 Å². The van der Waals surface area contributed by atoms with Gasteiger partial charge in [-0.05, 0) is 13.8 Å². The summed E-state index contributed by atoms with van der Waals surface area (Å²) >= 11 is 1.78. The van der Waals surface area contributed by atoms with E-state index in [1.54, 1.807) is 11.8 Å². The second kappa shape index (κ2) is 4.93. The van der Waals surface area contributed by atoms with Crippen molar-refractivity contribution in [1.29, 1.82) is 0 Å². The summed E-state index contributed by atoms with van der Waals surface area (Å²) in [7, 11) is 2.67. The quantitative estimate of drug-likeness (QED) is 0.692. The van der Waals surface area contributed by atoms with Crippen LogP contribution in [0.1, 0.15) is 13.8 Å². The van der Waals surface area contributed by atoms with E-state index in [0.717, 1.165) is 5.75 Å². The number of methoxy groups -OCH3 is 2. The molecule has 2 aliphatic heterocycles. The van der Waals surface area contributed by atoms with Crippen molar-refractivity contribution in [2.45, 2.75) is 31.3 Å². The van der Waals surface area contributed by atoms with Gasteiger partial charge in [-0.2, -0.15) is 0 Å². The monoisotopic (exact) mass is 271 g/mol. The Hall–Kier alpha value is -1.01. The third kappa shape index (κ3) is 1.83. The minimum Gasteiger partial charge on any atom is -0.466 e. The molecule has 0 N–H and O–H groups in total. The first-order valence-electron chi connectivity index (χ1n) is 5.82. The molecular formula is C12H17NO4S. The molecule has 3 atom stereocenters. The number of nitrogens with zero attached hydrogens (tertiary/aromatic N) is 1. The Kier molecular flexibility index (Phi) is 3.68. The number of ether oxygens (including phenoxy) is 2. The molecule has 0 aromatic rings. The third-order valence-corrected chi connectivity index (χ3v) is 4.81. The Morgan fingerprint density at radius 1 is 1.17 bits per heavy atom. The number of hydrogen-bond donors (Lipinski definition) is 0. The second-order valence-corrected chi connectivity index (χ2v) is 5.73. The van der Waals surface area contributed by atoms with Gasteiger partial charge in [-0.15, -0.1) is 11.8 Å². The lowest BCUT2D eigenvalue weighted by molar-refractivity contribution is -0.139. The zero-order chi connectivity index (χ0) is 13.4. The number of carbonyl (C=O) groups excluding carboxylic acids is 2. The molecule has 5 nitrogen and oxygen atoms in total. The lowest BCUT2D eigenvalue weighted by Gasteiger charge is -2.26. The van der Waals surface area contributed by atoms with Gasteiger partial charge in [0, 0.05) is 11.8 Å². The Balaban J connectivity index is 2.46. The van der Waals surface area contributed by atoms with Crippen molar-refractivity contribution in [2.24, 2.45) is 0 Å². The van der Waals surface area contributed by atoms with Gasteiger partial charge in [-0.25, -0.2) is 9.59 Å². The minimum atomic E-state index is -0.436. The highest BCUT2D eigenvalue weighted by atomic mass is 32.2. The average Bonchev–Trinajstić information content (AvgIpc) is 2.87. The maximum absolute atomic E-state index is 11.9. The summed E-state index contributed by atoms with van der Waals surface area (Å²) in [4.78, 5) is 26.0. The number of thioether (sulfide) groups is 1. The Bertz CT molecular complexity index is 420. The normalized spacial score (nSPS) is 31.4. The van der Waals surface area contributed by atoms with E-state index < -0.39 is 11.9 Å². The van der Waals surface area contributed by atoms with E-state index >= 15 is 0 Å². The zero-order valence-electron chi connectivity index (χ0n) is 10.9. The van der Waals surface area contributed by atoms with Crippen LogP contribution in [-0.2, 0) is 19.1 Å². The van der Waals surface area contributed by atoms with E-state index in [0.29, 0.717) is 11.1 Å². The van der Waals surface area contributed by atoms with Crippen LogP contribution in [-0.4, -0.2) is 54.3 Å². The summed E-state index contributed by atoms with van der Waals surface area (Å²) in [6.45, 7) is 4.01. The fraction of sp³-hybridized carbons (Fsp3) is 0.667. The molecule has 0 aromatic carbocycles. The third-order valence-electron chi connectivity index (χ3n) is 3.57. The fourth-order valence-corrected chi connectivity index (χ4v) is 4.07. The van der Waals surface area contributed by atoms with Gasteiger partial charge in [-0.3, -0.25) is 4.90 Å². The highest BCUT2D eigenvalue weighted by Crippen LogP contribution is 2.42. The van der Waals surface area contributed by atoms with Crippen LogP contribution in [0.3, 0.4) is 0 Å². The van der Waals surface area contributed by atoms with Crippen LogP contribution < -0.4 is 0 Å². The predicted molar refractivity (Wildman–Crippen MR) is 68.1 cm³/mol. The van der Waals surface area contributed by atoms with E-state index in [-0.39, 0.29) is 17.5 Å². The molecule has 2 heterocycles. The van der Waals surface area contributed by atoms with E-state index in [1.807, 2.05) is 6.92 Å². The molecule has 0 aliphatic carbocycles. The Morgan fingerprint density at radius 3 is 2.28 bits per heavy atom. The largest absolute Gasteiger partial charge is 0.466 e. The Morgan fingerprint density at radius 2 is 1.72 bits per heavy atom. The number of carbonyl (C=O) groups is 2. The van der Waals surface area contributed by atoms with E-state index in [9.17, 15) is 9.59 Å². The van der Waals surface area contributed by atoms with Crippen molar-refractivity contribution < 1.29 is 19.1 Å². The molecule has 18 heavy (non-hydrogen) atoms. The fourth-order valence-electron chi connectivity index (χ4n) is 2.77.